The third kappa shape index (κ3) is 3.98. The van der Waals surface area contributed by atoms with Gasteiger partial charge in [-0.15, -0.1) is 0 Å². The average Bonchev–Trinajstić information content (AvgIpc) is 3.19. The number of para-hydroxylation sites is 1. The van der Waals surface area contributed by atoms with Gasteiger partial charge in [0, 0.05) is 28.7 Å². The van der Waals surface area contributed by atoms with Gasteiger partial charge in [-0.1, -0.05) is 35.9 Å². The summed E-state index contributed by atoms with van der Waals surface area (Å²) in [6.45, 7) is 2.12. The third-order valence-corrected chi connectivity index (χ3v) is 6.26. The van der Waals surface area contributed by atoms with Crippen LogP contribution in [0.5, 0.6) is 0 Å². The van der Waals surface area contributed by atoms with Crippen LogP contribution in [0.25, 0.3) is 5.69 Å². The lowest BCUT2D eigenvalue weighted by Crippen LogP contribution is -2.38. The highest BCUT2D eigenvalue weighted by Crippen LogP contribution is 2.37. The summed E-state index contributed by atoms with van der Waals surface area (Å²) in [6, 6.07) is 18.9. The van der Waals surface area contributed by atoms with Crippen LogP contribution < -0.4 is 5.32 Å². The lowest BCUT2D eigenvalue weighted by Gasteiger charge is -2.31. The van der Waals surface area contributed by atoms with E-state index in [0.717, 1.165) is 28.6 Å². The lowest BCUT2D eigenvalue weighted by molar-refractivity contribution is 0.194. The van der Waals surface area contributed by atoms with E-state index in [1.54, 1.807) is 17.0 Å². The Morgan fingerprint density at radius 1 is 1.00 bits per heavy atom. The summed E-state index contributed by atoms with van der Waals surface area (Å²) in [4.78, 5) is 15.2. The molecule has 33 heavy (non-hydrogen) atoms. The number of aromatic nitrogens is 1. The molecule has 1 aromatic heterocycles. The molecule has 1 N–H and O–H groups in total. The quantitative estimate of drug-likeness (QED) is 0.346. The zero-order valence-electron chi connectivity index (χ0n) is 17.7. The summed E-state index contributed by atoms with van der Waals surface area (Å²) in [6.07, 6.45) is 1.89. The number of amides is 2. The van der Waals surface area contributed by atoms with Gasteiger partial charge in [-0.25, -0.2) is 13.6 Å². The summed E-state index contributed by atoms with van der Waals surface area (Å²) in [7, 11) is 0. The van der Waals surface area contributed by atoms with Crippen molar-refractivity contribution in [2.24, 2.45) is 0 Å². The molecule has 0 fully saturated rings. The topological polar surface area (TPSA) is 37.3 Å². The van der Waals surface area contributed by atoms with Crippen molar-refractivity contribution >= 4 is 23.3 Å². The molecule has 0 aliphatic carbocycles. The van der Waals surface area contributed by atoms with Crippen molar-refractivity contribution in [3.8, 4) is 5.69 Å². The van der Waals surface area contributed by atoms with E-state index in [2.05, 4.69) is 5.32 Å². The molecule has 1 aliphatic rings. The SMILES string of the molecule is Cc1ccc(NC(=O)N2Cc3ccccc3-n3cccc3[C@H]2c2cc(F)cc(F)c2)cc1Cl. The van der Waals surface area contributed by atoms with Crippen molar-refractivity contribution in [1.82, 2.24) is 9.47 Å². The first kappa shape index (κ1) is 21.2. The van der Waals surface area contributed by atoms with Crippen molar-refractivity contribution in [2.75, 3.05) is 5.32 Å². The van der Waals surface area contributed by atoms with Crippen LogP contribution in [0.1, 0.15) is 28.4 Å². The first-order chi connectivity index (χ1) is 15.9. The maximum atomic E-state index is 14.2. The number of nitrogens with zero attached hydrogens (tertiary/aromatic N) is 2. The van der Waals surface area contributed by atoms with Gasteiger partial charge >= 0.3 is 6.03 Å². The predicted octanol–water partition coefficient (Wildman–Crippen LogP) is 6.85. The summed E-state index contributed by atoms with van der Waals surface area (Å²) in [5.41, 5.74) is 4.32. The number of urea groups is 1. The van der Waals surface area contributed by atoms with Crippen molar-refractivity contribution in [2.45, 2.75) is 19.5 Å². The Bertz CT molecular complexity index is 1350. The molecule has 0 spiro atoms. The minimum atomic E-state index is -0.724. The minimum Gasteiger partial charge on any atom is -0.318 e. The Balaban J connectivity index is 1.64. The molecule has 5 rings (SSSR count). The number of anilines is 1. The maximum Gasteiger partial charge on any atom is 0.322 e. The summed E-state index contributed by atoms with van der Waals surface area (Å²) in [5, 5.41) is 3.43. The van der Waals surface area contributed by atoms with E-state index in [9.17, 15) is 13.6 Å². The smallest absolute Gasteiger partial charge is 0.318 e. The Morgan fingerprint density at radius 3 is 2.52 bits per heavy atom. The number of fused-ring (bicyclic) bond motifs is 3. The van der Waals surface area contributed by atoms with Crippen molar-refractivity contribution in [3.05, 3.63) is 118 Å². The fourth-order valence-electron chi connectivity index (χ4n) is 4.29. The molecule has 4 nitrogen and oxygen atoms in total. The molecule has 0 radical (unpaired) electrons. The number of hydrogen-bond acceptors (Lipinski definition) is 1. The van der Waals surface area contributed by atoms with Crippen molar-refractivity contribution < 1.29 is 13.6 Å². The van der Waals surface area contributed by atoms with Gasteiger partial charge in [-0.3, -0.25) is 0 Å². The summed E-state index contributed by atoms with van der Waals surface area (Å²) >= 11 is 6.24. The van der Waals surface area contributed by atoms with Gasteiger partial charge in [0.05, 0.1) is 18.3 Å². The second-order valence-corrected chi connectivity index (χ2v) is 8.47. The Morgan fingerprint density at radius 2 is 1.76 bits per heavy atom. The molecule has 0 bridgehead atoms. The first-order valence-corrected chi connectivity index (χ1v) is 10.8. The summed E-state index contributed by atoms with van der Waals surface area (Å²) in [5.74, 6) is -1.40. The zero-order valence-corrected chi connectivity index (χ0v) is 18.5. The van der Waals surface area contributed by atoms with Crippen LogP contribution in [-0.2, 0) is 6.54 Å². The lowest BCUT2D eigenvalue weighted by atomic mass is 10.0. The molecule has 4 aromatic rings. The van der Waals surface area contributed by atoms with Crippen LogP contribution in [0.3, 0.4) is 0 Å². The molecular formula is C26H20ClF2N3O. The molecule has 2 heterocycles. The molecule has 0 saturated carbocycles. The second kappa shape index (κ2) is 8.37. The van der Waals surface area contributed by atoms with E-state index < -0.39 is 23.7 Å². The van der Waals surface area contributed by atoms with Crippen LogP contribution in [0, 0.1) is 18.6 Å². The standard InChI is InChI=1S/C26H20ClF2N3O/c1-16-8-9-21(14-22(16)27)30-26(33)32-15-17-5-2-3-6-23(17)31-10-4-7-24(31)25(32)18-11-19(28)13-20(29)12-18/h2-14,25H,15H2,1H3,(H,30,33)/t25-/m1/s1. The fourth-order valence-corrected chi connectivity index (χ4v) is 4.47. The number of carbonyl (C=O) groups is 1. The van der Waals surface area contributed by atoms with Gasteiger partial charge in [0.1, 0.15) is 11.6 Å². The largest absolute Gasteiger partial charge is 0.322 e. The molecule has 2 amide bonds. The van der Waals surface area contributed by atoms with Crippen LogP contribution in [0.15, 0.2) is 79.0 Å². The number of aryl methyl sites for hydroxylation is 1. The molecule has 0 saturated heterocycles. The molecular weight excluding hydrogens is 444 g/mol. The first-order valence-electron chi connectivity index (χ1n) is 10.5. The minimum absolute atomic E-state index is 0.242. The van der Waals surface area contributed by atoms with Crippen molar-refractivity contribution in [1.29, 1.82) is 0 Å². The number of halogens is 3. The van der Waals surface area contributed by atoms with Gasteiger partial charge in [0.25, 0.3) is 0 Å². The van der Waals surface area contributed by atoms with E-state index in [-0.39, 0.29) is 6.54 Å². The fraction of sp³-hybridized carbons (Fsp3) is 0.115. The highest BCUT2D eigenvalue weighted by molar-refractivity contribution is 6.31. The number of carbonyl (C=O) groups excluding carboxylic acids is 1. The number of nitrogens with one attached hydrogen (secondary N) is 1. The number of benzene rings is 3. The monoisotopic (exact) mass is 463 g/mol. The molecule has 1 aliphatic heterocycles. The van der Waals surface area contributed by atoms with Crippen LogP contribution in [0.2, 0.25) is 5.02 Å². The molecule has 3 aromatic carbocycles. The van der Waals surface area contributed by atoms with Crippen LogP contribution >= 0.6 is 11.6 Å². The average molecular weight is 464 g/mol. The Hall–Kier alpha value is -3.64. The maximum absolute atomic E-state index is 14.2. The molecule has 166 valence electrons. The van der Waals surface area contributed by atoms with Gasteiger partial charge in [-0.2, -0.15) is 0 Å². The van der Waals surface area contributed by atoms with Crippen LogP contribution in [-0.4, -0.2) is 15.5 Å². The van der Waals surface area contributed by atoms with E-state index in [4.69, 9.17) is 11.6 Å². The molecule has 7 heteroatoms. The van der Waals surface area contributed by atoms with Gasteiger partial charge in [-0.05, 0) is 66.1 Å². The van der Waals surface area contributed by atoms with E-state index in [0.29, 0.717) is 16.3 Å². The highest BCUT2D eigenvalue weighted by Gasteiger charge is 2.33. The summed E-state index contributed by atoms with van der Waals surface area (Å²) < 4.78 is 30.4. The Kier molecular flexibility index (Phi) is 5.38. The van der Waals surface area contributed by atoms with E-state index >= 15 is 0 Å². The van der Waals surface area contributed by atoms with E-state index in [1.807, 2.05) is 60.2 Å². The molecule has 1 atom stereocenters. The van der Waals surface area contributed by atoms with Gasteiger partial charge < -0.3 is 14.8 Å². The third-order valence-electron chi connectivity index (χ3n) is 5.85. The van der Waals surface area contributed by atoms with E-state index in [1.165, 1.54) is 12.1 Å². The highest BCUT2D eigenvalue weighted by atomic mass is 35.5. The van der Waals surface area contributed by atoms with Gasteiger partial charge in [0.15, 0.2) is 0 Å². The van der Waals surface area contributed by atoms with Crippen LogP contribution in [0.4, 0.5) is 19.3 Å². The zero-order chi connectivity index (χ0) is 23.1. The normalized spacial score (nSPS) is 14.9. The van der Waals surface area contributed by atoms with Crippen molar-refractivity contribution in [3.63, 3.8) is 0 Å². The predicted molar refractivity (Wildman–Crippen MR) is 125 cm³/mol. The van der Waals surface area contributed by atoms with Gasteiger partial charge in [0.2, 0.25) is 0 Å². The molecule has 0 unspecified atom stereocenters. The Labute approximate surface area is 195 Å². The number of rotatable bonds is 2. The number of hydrogen-bond donors (Lipinski definition) is 1. The second-order valence-electron chi connectivity index (χ2n) is 8.06.